The number of carbonyl (C=O) groups is 2. The van der Waals surface area contributed by atoms with E-state index < -0.39 is 12.1 Å². The van der Waals surface area contributed by atoms with E-state index in [9.17, 15) is 19.8 Å². The van der Waals surface area contributed by atoms with E-state index in [0.717, 1.165) is 38.5 Å². The van der Waals surface area contributed by atoms with Crippen LogP contribution in [-0.2, 0) is 14.3 Å². The molecule has 542 valence electrons. The number of hydrogen-bond donors (Lipinski definition) is 3. The number of rotatable bonds is 81. The van der Waals surface area contributed by atoms with Crippen LogP contribution in [0, 0.1) is 0 Å². The Kier molecular flexibility index (Phi) is 79.8. The van der Waals surface area contributed by atoms with Gasteiger partial charge in [-0.15, -0.1) is 0 Å². The van der Waals surface area contributed by atoms with E-state index in [1.165, 1.54) is 430 Å². The number of nitrogens with one attached hydrogen (secondary N) is 1. The first-order valence-corrected chi connectivity index (χ1v) is 42.5. The maximum atomic E-state index is 12.5. The normalized spacial score (nSPS) is 12.4. The fourth-order valence-electron chi connectivity index (χ4n) is 13.9. The van der Waals surface area contributed by atoms with E-state index in [0.29, 0.717) is 19.4 Å². The summed E-state index contributed by atoms with van der Waals surface area (Å²) in [5.41, 5.74) is 0. The number of aliphatic hydroxyl groups excluding tert-OH is 2. The molecule has 0 saturated carbocycles. The zero-order valence-corrected chi connectivity index (χ0v) is 62.4. The van der Waals surface area contributed by atoms with Crippen molar-refractivity contribution in [3.8, 4) is 0 Å². The minimum Gasteiger partial charge on any atom is -0.466 e. The summed E-state index contributed by atoms with van der Waals surface area (Å²) in [6, 6.07) is -0.624. The lowest BCUT2D eigenvalue weighted by Gasteiger charge is -2.20. The number of ether oxygens (including phenoxy) is 1. The highest BCUT2D eigenvalue weighted by atomic mass is 16.5. The lowest BCUT2D eigenvalue weighted by molar-refractivity contribution is -0.143. The highest BCUT2D eigenvalue weighted by molar-refractivity contribution is 5.76. The van der Waals surface area contributed by atoms with E-state index in [1.807, 2.05) is 6.08 Å². The third-order valence-corrected chi connectivity index (χ3v) is 20.3. The lowest BCUT2D eigenvalue weighted by atomic mass is 10.0. The molecule has 0 radical (unpaired) electrons. The van der Waals surface area contributed by atoms with Gasteiger partial charge < -0.3 is 20.3 Å². The topological polar surface area (TPSA) is 95.9 Å². The quantitative estimate of drug-likeness (QED) is 0.0320. The molecule has 6 heteroatoms. The summed E-state index contributed by atoms with van der Waals surface area (Å²) < 4.78 is 5.53. The second-order valence-electron chi connectivity index (χ2n) is 29.5. The molecule has 0 aliphatic carbocycles. The van der Waals surface area contributed by atoms with Gasteiger partial charge in [0.2, 0.25) is 5.91 Å². The molecule has 2 atom stereocenters. The van der Waals surface area contributed by atoms with Gasteiger partial charge in [0.05, 0.1) is 25.4 Å². The molecule has 3 N–H and O–H groups in total. The van der Waals surface area contributed by atoms with Crippen molar-refractivity contribution in [3.63, 3.8) is 0 Å². The van der Waals surface area contributed by atoms with Crippen molar-refractivity contribution < 1.29 is 24.5 Å². The van der Waals surface area contributed by atoms with Crippen LogP contribution in [0.3, 0.4) is 0 Å². The van der Waals surface area contributed by atoms with Crippen LogP contribution in [0.5, 0.6) is 0 Å². The van der Waals surface area contributed by atoms with Crippen molar-refractivity contribution in [2.45, 2.75) is 508 Å². The zero-order valence-electron chi connectivity index (χ0n) is 62.4. The number of unbranched alkanes of at least 4 members (excludes halogenated alkanes) is 70. The molecule has 91 heavy (non-hydrogen) atoms. The van der Waals surface area contributed by atoms with Crippen molar-refractivity contribution >= 4 is 11.9 Å². The van der Waals surface area contributed by atoms with E-state index in [2.05, 4.69) is 19.2 Å². The summed E-state index contributed by atoms with van der Waals surface area (Å²) in [6.45, 7) is 4.98. The van der Waals surface area contributed by atoms with Crippen LogP contribution in [0.15, 0.2) is 12.2 Å². The van der Waals surface area contributed by atoms with Crippen molar-refractivity contribution in [2.24, 2.45) is 0 Å². The van der Waals surface area contributed by atoms with Crippen LogP contribution in [0.1, 0.15) is 495 Å². The van der Waals surface area contributed by atoms with E-state index in [-0.39, 0.29) is 18.5 Å². The number of esters is 1. The SMILES string of the molecule is CCCCCCCCCCCCCCCCCCCC/C=C/C(O)C(CO)NC(=O)CCCCCCCCCCCCCCCCCCCCCCCCCCCCCCCCCCCCCOC(=O)CCCCCCCCCCCCCCCCCCCCC. The van der Waals surface area contributed by atoms with Crippen molar-refractivity contribution in [2.75, 3.05) is 13.2 Å². The Labute approximate surface area is 571 Å². The van der Waals surface area contributed by atoms with Crippen LogP contribution < -0.4 is 5.32 Å². The summed E-state index contributed by atoms with van der Waals surface area (Å²) in [5, 5.41) is 23.3. The first-order chi connectivity index (χ1) is 45.0. The monoisotopic (exact) mass is 1280 g/mol. The molecular formula is C85H167NO5. The van der Waals surface area contributed by atoms with Gasteiger partial charge in [0.1, 0.15) is 0 Å². The van der Waals surface area contributed by atoms with Gasteiger partial charge in [-0.3, -0.25) is 9.59 Å². The van der Waals surface area contributed by atoms with Crippen molar-refractivity contribution in [1.82, 2.24) is 5.32 Å². The molecule has 0 fully saturated rings. The molecule has 0 rings (SSSR count). The maximum absolute atomic E-state index is 12.5. The summed E-state index contributed by atoms with van der Waals surface area (Å²) in [4.78, 5) is 24.7. The number of allylic oxidation sites excluding steroid dienone is 1. The first-order valence-electron chi connectivity index (χ1n) is 42.5. The van der Waals surface area contributed by atoms with Crippen molar-refractivity contribution in [3.05, 3.63) is 12.2 Å². The Morgan fingerprint density at radius 1 is 0.297 bits per heavy atom. The summed E-state index contributed by atoms with van der Waals surface area (Å²) in [5.74, 6) is -0.0287. The van der Waals surface area contributed by atoms with Gasteiger partial charge >= 0.3 is 5.97 Å². The highest BCUT2D eigenvalue weighted by Crippen LogP contribution is 2.21. The molecule has 0 saturated heterocycles. The molecule has 0 aliphatic heterocycles. The van der Waals surface area contributed by atoms with Gasteiger partial charge in [-0.2, -0.15) is 0 Å². The third kappa shape index (κ3) is 77.5. The number of aliphatic hydroxyl groups is 2. The first kappa shape index (κ1) is 89.6. The molecule has 0 bridgehead atoms. The van der Waals surface area contributed by atoms with Crippen LogP contribution >= 0.6 is 0 Å². The van der Waals surface area contributed by atoms with E-state index in [4.69, 9.17) is 4.74 Å². The number of hydrogen-bond acceptors (Lipinski definition) is 5. The smallest absolute Gasteiger partial charge is 0.305 e. The summed E-state index contributed by atoms with van der Waals surface area (Å²) in [7, 11) is 0. The standard InChI is InChI=1S/C85H167NO5/c1-3-5-7-9-11-13-15-17-19-21-23-42-45-49-53-57-61-65-69-73-77-83(88)82(81-87)86-84(89)78-74-70-66-62-58-54-50-46-43-39-37-35-33-31-29-27-25-24-26-28-30-32-34-36-38-40-44-48-52-56-60-64-68-72-76-80-91-85(90)79-75-71-67-63-59-55-51-47-41-22-20-18-16-14-12-10-8-6-4-2/h73,77,82-83,87-88H,3-72,74-76,78-81H2,1-2H3,(H,86,89)/b77-73+. The summed E-state index contributed by atoms with van der Waals surface area (Å²) in [6.07, 6.45) is 104. The van der Waals surface area contributed by atoms with E-state index in [1.54, 1.807) is 6.08 Å². The highest BCUT2D eigenvalue weighted by Gasteiger charge is 2.18. The summed E-state index contributed by atoms with van der Waals surface area (Å²) >= 11 is 0. The fraction of sp³-hybridized carbons (Fsp3) is 0.953. The van der Waals surface area contributed by atoms with Crippen LogP contribution in [0.25, 0.3) is 0 Å². The van der Waals surface area contributed by atoms with Gasteiger partial charge in [0.15, 0.2) is 0 Å². The minimum absolute atomic E-state index is 0.0286. The van der Waals surface area contributed by atoms with Crippen LogP contribution in [-0.4, -0.2) is 47.4 Å². The van der Waals surface area contributed by atoms with E-state index >= 15 is 0 Å². The fourth-order valence-corrected chi connectivity index (χ4v) is 13.9. The Bertz CT molecular complexity index is 1380. The molecule has 1 amide bonds. The Hall–Kier alpha value is -1.40. The Morgan fingerprint density at radius 3 is 0.747 bits per heavy atom. The van der Waals surface area contributed by atoms with Crippen molar-refractivity contribution in [1.29, 1.82) is 0 Å². The van der Waals surface area contributed by atoms with Gasteiger partial charge in [-0.1, -0.05) is 463 Å². The number of carbonyl (C=O) groups excluding carboxylic acids is 2. The minimum atomic E-state index is -0.841. The Balaban J connectivity index is 3.31. The van der Waals surface area contributed by atoms with Crippen LogP contribution in [0.2, 0.25) is 0 Å². The molecule has 2 unspecified atom stereocenters. The van der Waals surface area contributed by atoms with Gasteiger partial charge in [0.25, 0.3) is 0 Å². The zero-order chi connectivity index (χ0) is 65.6. The van der Waals surface area contributed by atoms with Gasteiger partial charge in [-0.05, 0) is 32.1 Å². The predicted octanol–water partition coefficient (Wildman–Crippen LogP) is 28.2. The predicted molar refractivity (Wildman–Crippen MR) is 403 cm³/mol. The molecule has 6 nitrogen and oxygen atoms in total. The second-order valence-corrected chi connectivity index (χ2v) is 29.5. The molecular weight excluding hydrogens is 1110 g/mol. The molecule has 0 aromatic rings. The average molecular weight is 1280 g/mol. The Morgan fingerprint density at radius 2 is 0.505 bits per heavy atom. The molecule has 0 heterocycles. The molecule has 0 aromatic carbocycles. The molecule has 0 aromatic heterocycles. The molecule has 0 spiro atoms. The third-order valence-electron chi connectivity index (χ3n) is 20.3. The average Bonchev–Trinajstić information content (AvgIpc) is 3.72. The van der Waals surface area contributed by atoms with Gasteiger partial charge in [-0.25, -0.2) is 0 Å². The maximum Gasteiger partial charge on any atom is 0.305 e. The second kappa shape index (κ2) is 81.0. The number of amides is 1. The lowest BCUT2D eigenvalue weighted by Crippen LogP contribution is -2.45. The van der Waals surface area contributed by atoms with Gasteiger partial charge in [0, 0.05) is 12.8 Å². The molecule has 0 aliphatic rings. The van der Waals surface area contributed by atoms with Crippen LogP contribution in [0.4, 0.5) is 0 Å². The largest absolute Gasteiger partial charge is 0.466 e.